The molecule has 0 aliphatic carbocycles. The molecule has 1 aliphatic heterocycles. The molecule has 7 heteroatoms. The standard InChI is InChI=1S/C27H30N4O3/c32-25(12-13-28-27(34)24-11-10-22-8-4-5-9-23(22)18-24)29-19-26(33)31-16-14-30(15-17-31)20-21-6-2-1-3-7-21/h1-11,18H,12-17,19-20H2,(H,28,34)(H,29,32). The van der Waals surface area contributed by atoms with Crippen LogP contribution in [0.25, 0.3) is 10.8 Å². The molecule has 0 aromatic heterocycles. The zero-order chi connectivity index (χ0) is 23.8. The number of nitrogens with one attached hydrogen (secondary N) is 2. The van der Waals surface area contributed by atoms with Crippen LogP contribution in [0.4, 0.5) is 0 Å². The van der Waals surface area contributed by atoms with Gasteiger partial charge in [0.2, 0.25) is 11.8 Å². The number of hydrogen-bond donors (Lipinski definition) is 2. The van der Waals surface area contributed by atoms with Gasteiger partial charge in [0.25, 0.3) is 5.91 Å². The van der Waals surface area contributed by atoms with Crippen LogP contribution in [-0.4, -0.2) is 66.8 Å². The molecule has 0 atom stereocenters. The lowest BCUT2D eigenvalue weighted by Crippen LogP contribution is -2.50. The predicted octanol–water partition coefficient (Wildman–Crippen LogP) is 2.42. The summed E-state index contributed by atoms with van der Waals surface area (Å²) < 4.78 is 0. The summed E-state index contributed by atoms with van der Waals surface area (Å²) in [5.41, 5.74) is 1.82. The molecule has 1 fully saturated rings. The first-order valence-electron chi connectivity index (χ1n) is 11.7. The highest BCUT2D eigenvalue weighted by Crippen LogP contribution is 2.15. The van der Waals surface area contributed by atoms with Gasteiger partial charge in [-0.3, -0.25) is 19.3 Å². The van der Waals surface area contributed by atoms with E-state index in [9.17, 15) is 14.4 Å². The molecular weight excluding hydrogens is 428 g/mol. The van der Waals surface area contributed by atoms with Gasteiger partial charge in [-0.25, -0.2) is 0 Å². The summed E-state index contributed by atoms with van der Waals surface area (Å²) in [5, 5.41) is 7.51. The molecule has 0 saturated carbocycles. The molecule has 176 valence electrons. The Morgan fingerprint density at radius 1 is 0.765 bits per heavy atom. The van der Waals surface area contributed by atoms with Crippen LogP contribution in [-0.2, 0) is 16.1 Å². The number of rotatable bonds is 8. The molecule has 2 N–H and O–H groups in total. The number of nitrogens with zero attached hydrogens (tertiary/aromatic N) is 2. The van der Waals surface area contributed by atoms with Crippen molar-refractivity contribution in [1.82, 2.24) is 20.4 Å². The van der Waals surface area contributed by atoms with E-state index >= 15 is 0 Å². The van der Waals surface area contributed by atoms with Crippen molar-refractivity contribution in [1.29, 1.82) is 0 Å². The Labute approximate surface area is 199 Å². The second kappa shape index (κ2) is 11.4. The van der Waals surface area contributed by atoms with Gasteiger partial charge in [-0.15, -0.1) is 0 Å². The molecule has 3 amide bonds. The first-order chi connectivity index (χ1) is 16.6. The molecule has 3 aromatic carbocycles. The second-order valence-corrected chi connectivity index (χ2v) is 8.49. The zero-order valence-electron chi connectivity index (χ0n) is 19.2. The topological polar surface area (TPSA) is 81.8 Å². The number of fused-ring (bicyclic) bond motifs is 1. The molecule has 0 bridgehead atoms. The van der Waals surface area contributed by atoms with Crippen molar-refractivity contribution in [2.75, 3.05) is 39.3 Å². The summed E-state index contributed by atoms with van der Waals surface area (Å²) in [4.78, 5) is 41.1. The highest BCUT2D eigenvalue weighted by Gasteiger charge is 2.21. The van der Waals surface area contributed by atoms with Gasteiger partial charge in [0.05, 0.1) is 6.54 Å². The van der Waals surface area contributed by atoms with Crippen molar-refractivity contribution in [2.45, 2.75) is 13.0 Å². The Kier molecular flexibility index (Phi) is 7.88. The normalized spacial score (nSPS) is 14.1. The number of amides is 3. The molecule has 34 heavy (non-hydrogen) atoms. The van der Waals surface area contributed by atoms with Crippen LogP contribution in [0.5, 0.6) is 0 Å². The lowest BCUT2D eigenvalue weighted by Gasteiger charge is -2.34. The third-order valence-electron chi connectivity index (χ3n) is 6.06. The lowest BCUT2D eigenvalue weighted by molar-refractivity contribution is -0.134. The van der Waals surface area contributed by atoms with Gasteiger partial charge in [-0.05, 0) is 28.5 Å². The fourth-order valence-electron chi connectivity index (χ4n) is 4.09. The van der Waals surface area contributed by atoms with Gasteiger partial charge < -0.3 is 15.5 Å². The van der Waals surface area contributed by atoms with Crippen molar-refractivity contribution in [3.05, 3.63) is 83.9 Å². The molecule has 1 heterocycles. The minimum Gasteiger partial charge on any atom is -0.352 e. The van der Waals surface area contributed by atoms with E-state index in [4.69, 9.17) is 0 Å². The van der Waals surface area contributed by atoms with Gasteiger partial charge in [0.15, 0.2) is 0 Å². The summed E-state index contributed by atoms with van der Waals surface area (Å²) in [6, 6.07) is 23.6. The van der Waals surface area contributed by atoms with Crippen LogP contribution in [0.1, 0.15) is 22.3 Å². The van der Waals surface area contributed by atoms with E-state index in [-0.39, 0.29) is 37.2 Å². The molecule has 0 unspecified atom stereocenters. The number of hydrogen-bond acceptors (Lipinski definition) is 4. The number of carbonyl (C=O) groups is 3. The van der Waals surface area contributed by atoms with E-state index in [1.165, 1.54) is 5.56 Å². The SMILES string of the molecule is O=C(CCNC(=O)c1ccc2ccccc2c1)NCC(=O)N1CCN(Cc2ccccc2)CC1. The first-order valence-corrected chi connectivity index (χ1v) is 11.7. The van der Waals surface area contributed by atoms with Gasteiger partial charge in [0.1, 0.15) is 0 Å². The van der Waals surface area contributed by atoms with Crippen LogP contribution in [0.2, 0.25) is 0 Å². The summed E-state index contributed by atoms with van der Waals surface area (Å²) >= 11 is 0. The molecule has 7 nitrogen and oxygen atoms in total. The summed E-state index contributed by atoms with van der Waals surface area (Å²) in [7, 11) is 0. The van der Waals surface area contributed by atoms with E-state index in [1.54, 1.807) is 11.0 Å². The number of benzene rings is 3. The highest BCUT2D eigenvalue weighted by atomic mass is 16.2. The van der Waals surface area contributed by atoms with Gasteiger partial charge in [0, 0.05) is 51.3 Å². The predicted molar refractivity (Wildman–Crippen MR) is 132 cm³/mol. The largest absolute Gasteiger partial charge is 0.352 e. The molecule has 0 spiro atoms. The Bertz CT molecular complexity index is 1140. The first kappa shape index (κ1) is 23.4. The lowest BCUT2D eigenvalue weighted by atomic mass is 10.1. The van der Waals surface area contributed by atoms with Crippen LogP contribution in [0, 0.1) is 0 Å². The van der Waals surface area contributed by atoms with Crippen molar-refractivity contribution in [3.63, 3.8) is 0 Å². The molecular formula is C27H30N4O3. The Balaban J connectivity index is 1.13. The van der Waals surface area contributed by atoms with E-state index in [1.807, 2.05) is 54.6 Å². The average Bonchev–Trinajstić information content (AvgIpc) is 2.88. The third kappa shape index (κ3) is 6.42. The smallest absolute Gasteiger partial charge is 0.251 e. The number of carbonyl (C=O) groups excluding carboxylic acids is 3. The third-order valence-corrected chi connectivity index (χ3v) is 6.06. The van der Waals surface area contributed by atoms with Gasteiger partial charge in [-0.2, -0.15) is 0 Å². The van der Waals surface area contributed by atoms with Crippen LogP contribution in [0.15, 0.2) is 72.8 Å². The molecule has 0 radical (unpaired) electrons. The van der Waals surface area contributed by atoms with E-state index in [0.717, 1.165) is 30.4 Å². The average molecular weight is 459 g/mol. The fraction of sp³-hybridized carbons (Fsp3) is 0.296. The maximum atomic E-state index is 12.5. The van der Waals surface area contributed by atoms with Crippen molar-refractivity contribution in [3.8, 4) is 0 Å². The Morgan fingerprint density at radius 3 is 2.24 bits per heavy atom. The van der Waals surface area contributed by atoms with Crippen molar-refractivity contribution >= 4 is 28.5 Å². The minimum absolute atomic E-state index is 0.0177. The minimum atomic E-state index is -0.255. The molecule has 3 aromatic rings. The van der Waals surface area contributed by atoms with E-state index in [0.29, 0.717) is 18.7 Å². The molecule has 4 rings (SSSR count). The van der Waals surface area contributed by atoms with Crippen molar-refractivity contribution in [2.24, 2.45) is 0 Å². The number of piperazine rings is 1. The summed E-state index contributed by atoms with van der Waals surface area (Å²) in [5.74, 6) is -0.550. The maximum Gasteiger partial charge on any atom is 0.251 e. The molecule has 1 saturated heterocycles. The highest BCUT2D eigenvalue weighted by molar-refractivity contribution is 5.98. The van der Waals surface area contributed by atoms with Crippen LogP contribution in [0.3, 0.4) is 0 Å². The van der Waals surface area contributed by atoms with Crippen LogP contribution < -0.4 is 10.6 Å². The van der Waals surface area contributed by atoms with Gasteiger partial charge in [-0.1, -0.05) is 60.7 Å². The molecule has 1 aliphatic rings. The van der Waals surface area contributed by atoms with E-state index in [2.05, 4.69) is 27.7 Å². The van der Waals surface area contributed by atoms with E-state index < -0.39 is 0 Å². The fourth-order valence-corrected chi connectivity index (χ4v) is 4.09. The quantitative estimate of drug-likeness (QED) is 0.543. The monoisotopic (exact) mass is 458 g/mol. The summed E-state index contributed by atoms with van der Waals surface area (Å²) in [6.07, 6.45) is 0.122. The maximum absolute atomic E-state index is 12.5. The zero-order valence-corrected chi connectivity index (χ0v) is 19.2. The Morgan fingerprint density at radius 2 is 1.47 bits per heavy atom. The van der Waals surface area contributed by atoms with Crippen molar-refractivity contribution < 1.29 is 14.4 Å². The summed E-state index contributed by atoms with van der Waals surface area (Å²) in [6.45, 7) is 4.02. The van der Waals surface area contributed by atoms with Crippen LogP contribution >= 0.6 is 0 Å². The Hall–Kier alpha value is -3.71. The second-order valence-electron chi connectivity index (χ2n) is 8.49. The van der Waals surface area contributed by atoms with Gasteiger partial charge >= 0.3 is 0 Å².